The molecule has 25 heavy (non-hydrogen) atoms. The molecule has 0 saturated carbocycles. The predicted octanol–water partition coefficient (Wildman–Crippen LogP) is 4.08. The summed E-state index contributed by atoms with van der Waals surface area (Å²) in [7, 11) is 0. The summed E-state index contributed by atoms with van der Waals surface area (Å²) in [5, 5.41) is 4.08. The molecule has 2 aromatic rings. The Balaban J connectivity index is 2.04. The molecule has 2 heterocycles. The number of hydrogen-bond acceptors (Lipinski definition) is 4. The van der Waals surface area contributed by atoms with Crippen LogP contribution in [-0.4, -0.2) is 40.8 Å². The number of amides is 1. The van der Waals surface area contributed by atoms with Crippen LogP contribution in [0.25, 0.3) is 11.3 Å². The summed E-state index contributed by atoms with van der Waals surface area (Å²) in [6.07, 6.45) is -0.103. The van der Waals surface area contributed by atoms with Crippen LogP contribution in [0.15, 0.2) is 22.7 Å². The highest BCUT2D eigenvalue weighted by molar-refractivity contribution is 6.33. The van der Waals surface area contributed by atoms with Crippen LogP contribution in [0, 0.1) is 12.7 Å². The van der Waals surface area contributed by atoms with Crippen molar-refractivity contribution in [2.45, 2.75) is 39.4 Å². The second kappa shape index (κ2) is 6.42. The van der Waals surface area contributed by atoms with Gasteiger partial charge in [-0.25, -0.2) is 4.39 Å². The molecule has 1 aliphatic rings. The number of aromatic nitrogens is 1. The molecule has 0 spiro atoms. The van der Waals surface area contributed by atoms with Crippen molar-refractivity contribution in [1.29, 1.82) is 0 Å². The van der Waals surface area contributed by atoms with Crippen molar-refractivity contribution in [3.63, 3.8) is 0 Å². The minimum absolute atomic E-state index is 0.0740. The molecule has 1 aromatic heterocycles. The highest BCUT2D eigenvalue weighted by Crippen LogP contribution is 2.34. The molecular formula is C18H20ClFN2O3. The van der Waals surface area contributed by atoms with Gasteiger partial charge in [0.25, 0.3) is 5.91 Å². The summed E-state index contributed by atoms with van der Waals surface area (Å²) < 4.78 is 25.3. The maximum absolute atomic E-state index is 14.3. The fraction of sp³-hybridized carbons (Fsp3) is 0.444. The van der Waals surface area contributed by atoms with Crippen LogP contribution in [0.1, 0.15) is 36.9 Å². The lowest BCUT2D eigenvalue weighted by Crippen LogP contribution is -2.53. The van der Waals surface area contributed by atoms with Crippen LogP contribution in [0.2, 0.25) is 5.02 Å². The first kappa shape index (κ1) is 17.9. The van der Waals surface area contributed by atoms with Gasteiger partial charge in [0.15, 0.2) is 0 Å². The molecule has 1 amide bonds. The van der Waals surface area contributed by atoms with Crippen molar-refractivity contribution in [2.24, 2.45) is 0 Å². The molecule has 0 radical (unpaired) electrons. The van der Waals surface area contributed by atoms with E-state index >= 15 is 0 Å². The van der Waals surface area contributed by atoms with Crippen LogP contribution in [0.4, 0.5) is 4.39 Å². The third-order valence-corrected chi connectivity index (χ3v) is 4.45. The van der Waals surface area contributed by atoms with Crippen LogP contribution in [0.3, 0.4) is 0 Å². The first-order chi connectivity index (χ1) is 11.7. The van der Waals surface area contributed by atoms with E-state index in [1.54, 1.807) is 17.9 Å². The molecule has 5 nitrogen and oxygen atoms in total. The monoisotopic (exact) mass is 366 g/mol. The highest BCUT2D eigenvalue weighted by atomic mass is 35.5. The van der Waals surface area contributed by atoms with E-state index in [1.165, 1.54) is 12.1 Å². The van der Waals surface area contributed by atoms with E-state index in [2.05, 4.69) is 5.16 Å². The Morgan fingerprint density at radius 1 is 1.44 bits per heavy atom. The molecule has 134 valence electrons. The number of hydrogen-bond donors (Lipinski definition) is 0. The van der Waals surface area contributed by atoms with E-state index in [0.29, 0.717) is 18.8 Å². The van der Waals surface area contributed by atoms with Gasteiger partial charge in [0, 0.05) is 13.1 Å². The van der Waals surface area contributed by atoms with Crippen LogP contribution in [0.5, 0.6) is 0 Å². The minimum Gasteiger partial charge on any atom is -0.369 e. The largest absolute Gasteiger partial charge is 0.369 e. The van der Waals surface area contributed by atoms with Gasteiger partial charge in [-0.05, 0) is 39.8 Å². The van der Waals surface area contributed by atoms with E-state index in [4.69, 9.17) is 20.9 Å². The summed E-state index contributed by atoms with van der Waals surface area (Å²) in [5.41, 5.74) is -0.0295. The van der Waals surface area contributed by atoms with E-state index in [-0.39, 0.29) is 33.9 Å². The average Bonchev–Trinajstić information content (AvgIpc) is 2.86. The zero-order valence-corrected chi connectivity index (χ0v) is 15.4. The Bertz CT molecular complexity index is 798. The Labute approximate surface area is 150 Å². The van der Waals surface area contributed by atoms with Gasteiger partial charge < -0.3 is 14.2 Å². The van der Waals surface area contributed by atoms with Crippen LogP contribution < -0.4 is 0 Å². The number of carbonyl (C=O) groups excluding carboxylic acids is 1. The number of morpholine rings is 1. The van der Waals surface area contributed by atoms with Crippen molar-refractivity contribution >= 4 is 17.5 Å². The minimum atomic E-state index is -0.550. The van der Waals surface area contributed by atoms with E-state index in [1.807, 2.05) is 20.8 Å². The maximum atomic E-state index is 14.3. The third kappa shape index (κ3) is 3.41. The zero-order valence-electron chi connectivity index (χ0n) is 14.6. The van der Waals surface area contributed by atoms with Crippen molar-refractivity contribution < 1.29 is 18.4 Å². The molecule has 1 aromatic carbocycles. The van der Waals surface area contributed by atoms with Gasteiger partial charge in [-0.15, -0.1) is 0 Å². The number of halogens is 2. The number of benzene rings is 1. The highest BCUT2D eigenvalue weighted by Gasteiger charge is 2.37. The first-order valence-electron chi connectivity index (χ1n) is 8.07. The van der Waals surface area contributed by atoms with Gasteiger partial charge in [-0.1, -0.05) is 22.8 Å². The lowest BCUT2D eigenvalue weighted by atomic mass is 10.0. The summed E-state index contributed by atoms with van der Waals surface area (Å²) in [6, 6.07) is 4.33. The summed E-state index contributed by atoms with van der Waals surface area (Å²) in [5.74, 6) is -0.488. The van der Waals surface area contributed by atoms with Gasteiger partial charge in [0.2, 0.25) is 0 Å². The van der Waals surface area contributed by atoms with E-state index < -0.39 is 11.4 Å². The molecule has 1 aliphatic heterocycles. The summed E-state index contributed by atoms with van der Waals surface area (Å²) in [6.45, 7) is 8.27. The summed E-state index contributed by atoms with van der Waals surface area (Å²) >= 11 is 6.14. The molecule has 1 fully saturated rings. The smallest absolute Gasteiger partial charge is 0.259 e. The Morgan fingerprint density at radius 2 is 2.16 bits per heavy atom. The van der Waals surface area contributed by atoms with E-state index in [0.717, 1.165) is 0 Å². The number of nitrogens with zero attached hydrogens (tertiary/aromatic N) is 2. The predicted molar refractivity (Wildman–Crippen MR) is 92.2 cm³/mol. The fourth-order valence-electron chi connectivity index (χ4n) is 3.29. The lowest BCUT2D eigenvalue weighted by molar-refractivity contribution is -0.118. The molecule has 0 bridgehead atoms. The van der Waals surface area contributed by atoms with Gasteiger partial charge in [0.1, 0.15) is 22.8 Å². The third-order valence-electron chi connectivity index (χ3n) is 4.13. The number of ether oxygens (including phenoxy) is 1. The molecule has 0 N–H and O–H groups in total. The van der Waals surface area contributed by atoms with Crippen molar-refractivity contribution in [3.05, 3.63) is 40.4 Å². The van der Waals surface area contributed by atoms with Gasteiger partial charge in [-0.2, -0.15) is 0 Å². The van der Waals surface area contributed by atoms with Crippen LogP contribution in [-0.2, 0) is 4.74 Å². The number of rotatable bonds is 2. The lowest BCUT2D eigenvalue weighted by Gasteiger charge is -2.41. The average molecular weight is 367 g/mol. The van der Waals surface area contributed by atoms with Crippen LogP contribution >= 0.6 is 11.6 Å². The first-order valence-corrected chi connectivity index (χ1v) is 8.45. The number of carbonyl (C=O) groups is 1. The fourth-order valence-corrected chi connectivity index (χ4v) is 3.54. The second-order valence-corrected chi connectivity index (χ2v) is 7.34. The van der Waals surface area contributed by atoms with E-state index in [9.17, 15) is 9.18 Å². The normalized spacial score (nSPS) is 19.9. The maximum Gasteiger partial charge on any atom is 0.259 e. The second-order valence-electron chi connectivity index (χ2n) is 6.93. The molecular weight excluding hydrogens is 347 g/mol. The number of aryl methyl sites for hydroxylation is 1. The topological polar surface area (TPSA) is 55.6 Å². The van der Waals surface area contributed by atoms with Crippen molar-refractivity contribution in [1.82, 2.24) is 10.1 Å². The van der Waals surface area contributed by atoms with Gasteiger partial charge in [-0.3, -0.25) is 4.79 Å². The Morgan fingerprint density at radius 3 is 2.80 bits per heavy atom. The molecule has 0 aliphatic carbocycles. The van der Waals surface area contributed by atoms with Gasteiger partial charge >= 0.3 is 0 Å². The SMILES string of the molecule is Cc1onc(-c2c(F)cccc2Cl)c1C(=O)N1CC(C)OC(C)(C)C1. The molecule has 1 saturated heterocycles. The summed E-state index contributed by atoms with van der Waals surface area (Å²) in [4.78, 5) is 14.8. The molecule has 7 heteroatoms. The van der Waals surface area contributed by atoms with Gasteiger partial charge in [0.05, 0.1) is 22.3 Å². The molecule has 1 atom stereocenters. The van der Waals surface area contributed by atoms with Crippen molar-refractivity contribution in [3.8, 4) is 11.3 Å². The zero-order chi connectivity index (χ0) is 18.4. The Kier molecular flexibility index (Phi) is 4.60. The quantitative estimate of drug-likeness (QED) is 0.803. The Hall–Kier alpha value is -1.92. The standard InChI is InChI=1S/C18H20ClFN2O3/c1-10-8-22(9-18(3,4)24-10)17(23)14-11(2)25-21-16(14)15-12(19)6-5-7-13(15)20/h5-7,10H,8-9H2,1-4H3. The molecule has 3 rings (SSSR count). The van der Waals surface area contributed by atoms with Crippen molar-refractivity contribution in [2.75, 3.05) is 13.1 Å². The molecule has 1 unspecified atom stereocenters.